The maximum Gasteiger partial charge on any atom is 0.314 e. The van der Waals surface area contributed by atoms with Gasteiger partial charge in [0.2, 0.25) is 0 Å². The number of carbonyl (C=O) groups is 1. The fraction of sp³-hybridized carbons (Fsp3) is 0.312. The SMILES string of the molecule is CCOC(=O)CC1=CSC(N)N1Cc1cc(Br)cc2[nH]c(=O)c(=O)[nH]c12. The molecule has 0 fully saturated rings. The highest BCUT2D eigenvalue weighted by molar-refractivity contribution is 9.10. The van der Waals surface area contributed by atoms with E-state index in [1.165, 1.54) is 11.8 Å². The Morgan fingerprint density at radius 2 is 2.08 bits per heavy atom. The Balaban J connectivity index is 1.95. The van der Waals surface area contributed by atoms with Crippen molar-refractivity contribution < 1.29 is 9.53 Å². The Morgan fingerprint density at radius 1 is 1.35 bits per heavy atom. The van der Waals surface area contributed by atoms with Crippen LogP contribution in [0.4, 0.5) is 0 Å². The van der Waals surface area contributed by atoms with E-state index in [-0.39, 0.29) is 17.9 Å². The van der Waals surface area contributed by atoms with E-state index in [0.717, 1.165) is 15.7 Å². The first-order chi connectivity index (χ1) is 12.4. The fourth-order valence-electron chi connectivity index (χ4n) is 2.71. The summed E-state index contributed by atoms with van der Waals surface area (Å²) in [6.07, 6.45) is 0.119. The zero-order valence-electron chi connectivity index (χ0n) is 13.9. The zero-order chi connectivity index (χ0) is 18.8. The summed E-state index contributed by atoms with van der Waals surface area (Å²) in [6, 6.07) is 3.55. The van der Waals surface area contributed by atoms with Crippen molar-refractivity contribution in [1.29, 1.82) is 0 Å². The van der Waals surface area contributed by atoms with E-state index in [0.29, 0.717) is 24.2 Å². The molecule has 26 heavy (non-hydrogen) atoms. The normalized spacial score (nSPS) is 16.8. The van der Waals surface area contributed by atoms with Crippen molar-refractivity contribution in [2.24, 2.45) is 5.73 Å². The average molecular weight is 441 g/mol. The van der Waals surface area contributed by atoms with Gasteiger partial charge >= 0.3 is 17.1 Å². The van der Waals surface area contributed by atoms with Gasteiger partial charge in [0.25, 0.3) is 0 Å². The summed E-state index contributed by atoms with van der Waals surface area (Å²) in [4.78, 5) is 42.2. The number of aromatic amines is 2. The highest BCUT2D eigenvalue weighted by atomic mass is 79.9. The molecule has 0 bridgehead atoms. The third kappa shape index (κ3) is 3.87. The molecule has 0 aliphatic carbocycles. The highest BCUT2D eigenvalue weighted by Crippen LogP contribution is 2.33. The second kappa shape index (κ2) is 7.68. The number of thioether (sulfide) groups is 1. The highest BCUT2D eigenvalue weighted by Gasteiger charge is 2.26. The van der Waals surface area contributed by atoms with Gasteiger partial charge in [-0.3, -0.25) is 14.4 Å². The summed E-state index contributed by atoms with van der Waals surface area (Å²) in [5, 5.41) is 1.84. The van der Waals surface area contributed by atoms with Crippen LogP contribution < -0.4 is 16.9 Å². The van der Waals surface area contributed by atoms with Crippen LogP contribution in [0, 0.1) is 0 Å². The van der Waals surface area contributed by atoms with Crippen LogP contribution in [0.3, 0.4) is 0 Å². The molecule has 3 rings (SSSR count). The maximum atomic E-state index is 11.8. The summed E-state index contributed by atoms with van der Waals surface area (Å²) in [7, 11) is 0. The molecule has 0 amide bonds. The number of esters is 1. The Hall–Kier alpha value is -2.04. The van der Waals surface area contributed by atoms with E-state index >= 15 is 0 Å². The van der Waals surface area contributed by atoms with Gasteiger partial charge in [-0.05, 0) is 30.0 Å². The molecule has 1 aromatic heterocycles. The van der Waals surface area contributed by atoms with Crippen molar-refractivity contribution in [3.8, 4) is 0 Å². The van der Waals surface area contributed by atoms with Gasteiger partial charge in [-0.2, -0.15) is 0 Å². The number of rotatable bonds is 5. The first-order valence-electron chi connectivity index (χ1n) is 7.86. The average Bonchev–Trinajstić information content (AvgIpc) is 2.90. The van der Waals surface area contributed by atoms with E-state index in [9.17, 15) is 14.4 Å². The summed E-state index contributed by atoms with van der Waals surface area (Å²) in [5.41, 5.74) is 6.90. The molecule has 0 saturated heterocycles. The first kappa shape index (κ1) is 18.7. The second-order valence-corrected chi connectivity index (χ2v) is 7.55. The smallest absolute Gasteiger partial charge is 0.314 e. The number of aromatic nitrogens is 2. The predicted octanol–water partition coefficient (Wildman–Crippen LogP) is 1.56. The Bertz CT molecular complexity index is 1000. The van der Waals surface area contributed by atoms with Crippen LogP contribution in [-0.4, -0.2) is 32.9 Å². The van der Waals surface area contributed by atoms with Crippen molar-refractivity contribution >= 4 is 44.7 Å². The number of ether oxygens (including phenoxy) is 1. The Morgan fingerprint density at radius 3 is 2.81 bits per heavy atom. The van der Waals surface area contributed by atoms with Crippen LogP contribution in [-0.2, 0) is 16.1 Å². The molecule has 10 heteroatoms. The van der Waals surface area contributed by atoms with E-state index in [1.807, 2.05) is 16.4 Å². The van der Waals surface area contributed by atoms with E-state index < -0.39 is 11.1 Å². The molecule has 2 aromatic rings. The number of carbonyl (C=O) groups excluding carboxylic acids is 1. The fourth-order valence-corrected chi connectivity index (χ4v) is 4.09. The van der Waals surface area contributed by atoms with Crippen LogP contribution >= 0.6 is 27.7 Å². The minimum atomic E-state index is -0.719. The molecular weight excluding hydrogens is 424 g/mol. The minimum absolute atomic E-state index is 0.119. The number of nitrogens with zero attached hydrogens (tertiary/aromatic N) is 1. The maximum absolute atomic E-state index is 11.8. The van der Waals surface area contributed by atoms with Crippen molar-refractivity contribution in [3.63, 3.8) is 0 Å². The van der Waals surface area contributed by atoms with Crippen LogP contribution in [0.5, 0.6) is 0 Å². The Kier molecular flexibility index (Phi) is 5.54. The number of nitrogens with two attached hydrogens (primary N) is 1. The number of halogens is 1. The summed E-state index contributed by atoms with van der Waals surface area (Å²) in [6.45, 7) is 2.43. The summed E-state index contributed by atoms with van der Waals surface area (Å²) < 4.78 is 5.75. The third-order valence-corrected chi connectivity index (χ3v) is 5.27. The van der Waals surface area contributed by atoms with Gasteiger partial charge in [0, 0.05) is 16.7 Å². The molecule has 0 saturated carbocycles. The molecule has 1 aliphatic heterocycles. The number of benzene rings is 1. The second-order valence-electron chi connectivity index (χ2n) is 5.64. The quantitative estimate of drug-likeness (QED) is 0.476. The molecule has 1 unspecified atom stereocenters. The zero-order valence-corrected chi connectivity index (χ0v) is 16.3. The molecular formula is C16H17BrN4O4S. The topological polar surface area (TPSA) is 121 Å². The van der Waals surface area contributed by atoms with Gasteiger partial charge in [0.15, 0.2) is 0 Å². The molecule has 0 spiro atoms. The summed E-state index contributed by atoms with van der Waals surface area (Å²) in [5.74, 6) is -0.324. The van der Waals surface area contributed by atoms with Gasteiger partial charge < -0.3 is 25.3 Å². The Labute approximate surface area is 160 Å². The van der Waals surface area contributed by atoms with Gasteiger partial charge in [-0.1, -0.05) is 27.7 Å². The molecule has 0 radical (unpaired) electrons. The molecule has 4 N–H and O–H groups in total. The van der Waals surface area contributed by atoms with Crippen molar-refractivity contribution in [1.82, 2.24) is 14.9 Å². The van der Waals surface area contributed by atoms with Crippen LogP contribution in [0.2, 0.25) is 0 Å². The molecule has 138 valence electrons. The number of hydrogen-bond acceptors (Lipinski definition) is 7. The van der Waals surface area contributed by atoms with Gasteiger partial charge in [0.05, 0.1) is 24.1 Å². The number of nitrogens with one attached hydrogen (secondary N) is 2. The lowest BCUT2D eigenvalue weighted by molar-refractivity contribution is -0.142. The van der Waals surface area contributed by atoms with E-state index in [1.54, 1.807) is 13.0 Å². The van der Waals surface area contributed by atoms with Crippen molar-refractivity contribution in [3.05, 3.63) is 54.0 Å². The van der Waals surface area contributed by atoms with Crippen molar-refractivity contribution in [2.75, 3.05) is 6.61 Å². The van der Waals surface area contributed by atoms with E-state index in [2.05, 4.69) is 25.9 Å². The molecule has 1 aliphatic rings. The standard InChI is InChI=1S/C16H17BrN4O4S/c1-2-25-12(22)5-10-7-26-16(18)21(10)6-8-3-9(17)4-11-13(8)20-15(24)14(23)19-11/h3-4,7,16H,2,5-6,18H2,1H3,(H,19,23)(H,20,24). The van der Waals surface area contributed by atoms with Crippen LogP contribution in [0.15, 0.2) is 37.3 Å². The lowest BCUT2D eigenvalue weighted by Crippen LogP contribution is -2.36. The minimum Gasteiger partial charge on any atom is -0.466 e. The van der Waals surface area contributed by atoms with Crippen molar-refractivity contribution in [2.45, 2.75) is 25.4 Å². The molecule has 2 heterocycles. The van der Waals surface area contributed by atoms with Crippen LogP contribution in [0.1, 0.15) is 18.9 Å². The number of H-pyrrole nitrogens is 2. The third-order valence-electron chi connectivity index (χ3n) is 3.87. The van der Waals surface area contributed by atoms with Gasteiger partial charge in [0.1, 0.15) is 5.50 Å². The van der Waals surface area contributed by atoms with E-state index in [4.69, 9.17) is 10.5 Å². The molecule has 1 aromatic carbocycles. The molecule has 8 nitrogen and oxygen atoms in total. The first-order valence-corrected chi connectivity index (χ1v) is 9.59. The molecule has 1 atom stereocenters. The van der Waals surface area contributed by atoms with Crippen LogP contribution in [0.25, 0.3) is 11.0 Å². The number of hydrogen-bond donors (Lipinski definition) is 3. The largest absolute Gasteiger partial charge is 0.466 e. The van der Waals surface area contributed by atoms with Gasteiger partial charge in [-0.15, -0.1) is 0 Å². The summed E-state index contributed by atoms with van der Waals surface area (Å²) >= 11 is 4.81. The lowest BCUT2D eigenvalue weighted by Gasteiger charge is -2.26. The predicted molar refractivity (Wildman–Crippen MR) is 103 cm³/mol. The monoisotopic (exact) mass is 440 g/mol. The number of fused-ring (bicyclic) bond motifs is 1. The lowest BCUT2D eigenvalue weighted by atomic mass is 10.1. The van der Waals surface area contributed by atoms with Gasteiger partial charge in [-0.25, -0.2) is 0 Å².